The highest BCUT2D eigenvalue weighted by atomic mass is 19.3. The van der Waals surface area contributed by atoms with E-state index in [1.54, 1.807) is 12.3 Å². The van der Waals surface area contributed by atoms with Crippen molar-refractivity contribution >= 4 is 28.7 Å². The number of benzene rings is 1. The summed E-state index contributed by atoms with van der Waals surface area (Å²) in [6.45, 7) is 7.83. The molecule has 39 heavy (non-hydrogen) atoms. The number of hydrogen-bond donors (Lipinski definition) is 1. The van der Waals surface area contributed by atoms with Gasteiger partial charge in [0.2, 0.25) is 0 Å². The SMILES string of the molecule is CCN1CCN(c2ccc(-c3cc4c(N5CCN(C)CC5)ccnc4[nH]3)c(OC(F)F)c2)CC1.O=CC1CC1. The van der Waals surface area contributed by atoms with Gasteiger partial charge in [0.25, 0.3) is 0 Å². The molecule has 3 aromatic rings. The van der Waals surface area contributed by atoms with Gasteiger partial charge < -0.3 is 34.1 Å². The molecule has 0 spiro atoms. The van der Waals surface area contributed by atoms with Crippen molar-refractivity contribution in [2.45, 2.75) is 26.4 Å². The second kappa shape index (κ2) is 12.3. The molecule has 10 heteroatoms. The third-order valence-electron chi connectivity index (χ3n) is 7.82. The normalized spacial score (nSPS) is 18.8. The Morgan fingerprint density at radius 1 is 1.03 bits per heavy atom. The largest absolute Gasteiger partial charge is 0.434 e. The van der Waals surface area contributed by atoms with Gasteiger partial charge in [-0.3, -0.25) is 0 Å². The van der Waals surface area contributed by atoms with Crippen LogP contribution in [-0.2, 0) is 4.79 Å². The van der Waals surface area contributed by atoms with E-state index in [-0.39, 0.29) is 5.75 Å². The summed E-state index contributed by atoms with van der Waals surface area (Å²) in [6.07, 6.45) is 5.11. The van der Waals surface area contributed by atoms with Crippen molar-refractivity contribution in [2.24, 2.45) is 5.92 Å². The number of fused-ring (bicyclic) bond motifs is 1. The first-order chi connectivity index (χ1) is 18.9. The van der Waals surface area contributed by atoms with E-state index in [0.717, 1.165) is 106 Å². The molecule has 8 nitrogen and oxygen atoms in total. The van der Waals surface area contributed by atoms with Gasteiger partial charge in [0.1, 0.15) is 17.7 Å². The highest BCUT2D eigenvalue weighted by molar-refractivity contribution is 5.94. The van der Waals surface area contributed by atoms with E-state index in [0.29, 0.717) is 11.5 Å². The van der Waals surface area contributed by atoms with E-state index >= 15 is 0 Å². The molecule has 6 rings (SSSR count). The summed E-state index contributed by atoms with van der Waals surface area (Å²) in [6, 6.07) is 9.64. The molecule has 0 unspecified atom stereocenters. The average Bonchev–Trinajstić information content (AvgIpc) is 3.70. The number of nitrogens with one attached hydrogen (secondary N) is 1. The summed E-state index contributed by atoms with van der Waals surface area (Å²) in [5, 5.41) is 0.991. The lowest BCUT2D eigenvalue weighted by atomic mass is 10.1. The number of aldehydes is 1. The highest BCUT2D eigenvalue weighted by Gasteiger charge is 2.22. The Labute approximate surface area is 228 Å². The van der Waals surface area contributed by atoms with Gasteiger partial charge in [-0.2, -0.15) is 8.78 Å². The van der Waals surface area contributed by atoms with E-state index < -0.39 is 6.61 Å². The highest BCUT2D eigenvalue weighted by Crippen LogP contribution is 2.38. The summed E-state index contributed by atoms with van der Waals surface area (Å²) in [5.74, 6) is 0.633. The number of rotatable bonds is 7. The second-order valence-electron chi connectivity index (χ2n) is 10.5. The summed E-state index contributed by atoms with van der Waals surface area (Å²) in [5.41, 5.74) is 4.10. The molecular weight excluding hydrogens is 502 g/mol. The first-order valence-electron chi connectivity index (χ1n) is 13.9. The molecule has 1 saturated carbocycles. The molecule has 1 N–H and O–H groups in total. The van der Waals surface area contributed by atoms with Crippen LogP contribution in [0.25, 0.3) is 22.3 Å². The number of alkyl halides is 2. The zero-order chi connectivity index (χ0) is 27.4. The number of anilines is 2. The molecule has 0 atom stereocenters. The van der Waals surface area contributed by atoms with Gasteiger partial charge in [-0.15, -0.1) is 0 Å². The quantitative estimate of drug-likeness (QED) is 0.448. The molecule has 2 saturated heterocycles. The summed E-state index contributed by atoms with van der Waals surface area (Å²) < 4.78 is 31.7. The Kier molecular flexibility index (Phi) is 8.62. The molecule has 0 amide bonds. The zero-order valence-corrected chi connectivity index (χ0v) is 22.8. The maximum Gasteiger partial charge on any atom is 0.387 e. The predicted octanol–water partition coefficient (Wildman–Crippen LogP) is 4.32. The molecule has 0 bridgehead atoms. The standard InChI is InChI=1S/C25H32F2N6O.C4H6O/c1-3-31-10-14-32(15-11-31)18-4-5-19(23(16-18)34-25(26)27)21-17-20-22(6-7-28-24(20)29-21)33-12-8-30(2)9-13-33;5-3-4-1-2-4/h4-7,16-17,25H,3,8-15H2,1-2H3,(H,28,29);3-4H,1-2H2. The van der Waals surface area contributed by atoms with E-state index in [1.165, 1.54) is 0 Å². The number of carbonyl (C=O) groups excluding carboxylic acids is 1. The van der Waals surface area contributed by atoms with Gasteiger partial charge in [-0.05, 0) is 50.7 Å². The van der Waals surface area contributed by atoms with Crippen molar-refractivity contribution in [3.05, 3.63) is 36.5 Å². The monoisotopic (exact) mass is 540 g/mol. The Bertz CT molecular complexity index is 1250. The van der Waals surface area contributed by atoms with E-state index in [1.807, 2.05) is 24.3 Å². The summed E-state index contributed by atoms with van der Waals surface area (Å²) in [4.78, 5) is 26.7. The van der Waals surface area contributed by atoms with Crippen molar-refractivity contribution in [1.82, 2.24) is 19.8 Å². The molecule has 210 valence electrons. The number of carbonyl (C=O) groups is 1. The van der Waals surface area contributed by atoms with Gasteiger partial charge in [0, 0.05) is 92.9 Å². The van der Waals surface area contributed by atoms with Gasteiger partial charge >= 0.3 is 6.61 Å². The van der Waals surface area contributed by atoms with Gasteiger partial charge in [0.05, 0.1) is 5.69 Å². The van der Waals surface area contributed by atoms with E-state index in [4.69, 9.17) is 4.74 Å². The lowest BCUT2D eigenvalue weighted by Gasteiger charge is -2.35. The number of H-pyrrole nitrogens is 1. The topological polar surface area (TPSA) is 67.9 Å². The molecule has 3 aliphatic rings. The average molecular weight is 541 g/mol. The van der Waals surface area contributed by atoms with Crippen LogP contribution >= 0.6 is 0 Å². The summed E-state index contributed by atoms with van der Waals surface area (Å²) in [7, 11) is 2.13. The molecule has 2 aliphatic heterocycles. The zero-order valence-electron chi connectivity index (χ0n) is 22.8. The molecule has 1 aromatic carbocycles. The maximum absolute atomic E-state index is 13.4. The first-order valence-corrected chi connectivity index (χ1v) is 13.9. The molecule has 3 fully saturated rings. The summed E-state index contributed by atoms with van der Waals surface area (Å²) >= 11 is 0. The molecule has 2 aromatic heterocycles. The van der Waals surface area contributed by atoms with Crippen molar-refractivity contribution in [2.75, 3.05) is 75.8 Å². The lowest BCUT2D eigenvalue weighted by molar-refractivity contribution is -0.108. The second-order valence-corrected chi connectivity index (χ2v) is 10.5. The molecular formula is C29H38F2N6O2. The fourth-order valence-corrected chi connectivity index (χ4v) is 5.16. The Balaban J connectivity index is 0.000000555. The Morgan fingerprint density at radius 3 is 2.36 bits per heavy atom. The third-order valence-corrected chi connectivity index (χ3v) is 7.82. The van der Waals surface area contributed by atoms with Crippen LogP contribution in [0.1, 0.15) is 19.8 Å². The van der Waals surface area contributed by atoms with E-state index in [2.05, 4.69) is 43.5 Å². The first kappa shape index (κ1) is 27.3. The van der Waals surface area contributed by atoms with Crippen LogP contribution in [0.2, 0.25) is 0 Å². The van der Waals surface area contributed by atoms with Crippen molar-refractivity contribution in [1.29, 1.82) is 0 Å². The van der Waals surface area contributed by atoms with Crippen molar-refractivity contribution < 1.29 is 18.3 Å². The Hall–Kier alpha value is -3.24. The minimum absolute atomic E-state index is 0.179. The molecule has 0 radical (unpaired) electrons. The van der Waals surface area contributed by atoms with Gasteiger partial charge in [-0.25, -0.2) is 4.98 Å². The number of halogens is 2. The fourth-order valence-electron chi connectivity index (χ4n) is 5.16. The van der Waals surface area contributed by atoms with Crippen LogP contribution in [0.4, 0.5) is 20.2 Å². The third kappa shape index (κ3) is 6.67. The number of ether oxygens (including phenoxy) is 1. The lowest BCUT2D eigenvalue weighted by Crippen LogP contribution is -2.46. The van der Waals surface area contributed by atoms with Gasteiger partial charge in [0.15, 0.2) is 0 Å². The van der Waals surface area contributed by atoms with Gasteiger partial charge in [-0.1, -0.05) is 6.92 Å². The number of hydrogen-bond acceptors (Lipinski definition) is 7. The van der Waals surface area contributed by atoms with Crippen LogP contribution in [-0.4, -0.2) is 98.6 Å². The van der Waals surface area contributed by atoms with Crippen LogP contribution in [0.3, 0.4) is 0 Å². The van der Waals surface area contributed by atoms with Crippen molar-refractivity contribution in [3.8, 4) is 17.0 Å². The van der Waals surface area contributed by atoms with Crippen LogP contribution in [0, 0.1) is 5.92 Å². The smallest absolute Gasteiger partial charge is 0.387 e. The molecule has 1 aliphatic carbocycles. The number of likely N-dealkylation sites (N-methyl/N-ethyl adjacent to an activating group) is 2. The number of pyridine rings is 1. The minimum Gasteiger partial charge on any atom is -0.434 e. The van der Waals surface area contributed by atoms with Crippen LogP contribution in [0.15, 0.2) is 36.5 Å². The molecule has 4 heterocycles. The number of aromatic nitrogens is 2. The maximum atomic E-state index is 13.4. The fraction of sp³-hybridized carbons (Fsp3) is 0.517. The number of piperazine rings is 2. The van der Waals surface area contributed by atoms with Crippen molar-refractivity contribution in [3.63, 3.8) is 0 Å². The van der Waals surface area contributed by atoms with E-state index in [9.17, 15) is 13.6 Å². The van der Waals surface area contributed by atoms with Crippen LogP contribution < -0.4 is 14.5 Å². The van der Waals surface area contributed by atoms with Crippen LogP contribution in [0.5, 0.6) is 5.75 Å². The number of nitrogens with zero attached hydrogens (tertiary/aromatic N) is 5. The predicted molar refractivity (Wildman–Crippen MR) is 151 cm³/mol. The number of aromatic amines is 1. The Morgan fingerprint density at radius 2 is 1.74 bits per heavy atom. The minimum atomic E-state index is -2.89.